The topological polar surface area (TPSA) is 38.3 Å². The minimum absolute atomic E-state index is 0.0722. The molecule has 2 fully saturated rings. The van der Waals surface area contributed by atoms with Gasteiger partial charge in [0.15, 0.2) is 0 Å². The summed E-state index contributed by atoms with van der Waals surface area (Å²) in [6.45, 7) is 3.42. The van der Waals surface area contributed by atoms with Gasteiger partial charge in [-0.2, -0.15) is 0 Å². The lowest BCUT2D eigenvalue weighted by Crippen LogP contribution is -2.45. The number of halogens is 1. The summed E-state index contributed by atoms with van der Waals surface area (Å²) in [7, 11) is 0. The highest BCUT2D eigenvalue weighted by Crippen LogP contribution is 2.30. The van der Waals surface area contributed by atoms with Crippen molar-refractivity contribution in [3.8, 4) is 0 Å². The van der Waals surface area contributed by atoms with Crippen LogP contribution in [0.1, 0.15) is 39.0 Å². The third kappa shape index (κ3) is 2.77. The molecule has 16 heavy (non-hydrogen) atoms. The zero-order valence-corrected chi connectivity index (χ0v) is 11.4. The van der Waals surface area contributed by atoms with E-state index in [1.807, 2.05) is 6.92 Å². The maximum absolute atomic E-state index is 12.0. The Morgan fingerprint density at radius 1 is 1.56 bits per heavy atom. The van der Waals surface area contributed by atoms with Crippen LogP contribution in [0.2, 0.25) is 0 Å². The molecule has 0 aromatic heterocycles. The molecule has 2 aliphatic rings. The number of nitrogens with one attached hydrogen (secondary N) is 1. The van der Waals surface area contributed by atoms with Crippen LogP contribution in [-0.4, -0.2) is 29.5 Å². The SMILES string of the molecule is CC1(C(=O)NCC2CCC(Br)C2)CCCO1. The summed E-state index contributed by atoms with van der Waals surface area (Å²) in [5.41, 5.74) is -0.563. The lowest BCUT2D eigenvalue weighted by molar-refractivity contribution is -0.139. The van der Waals surface area contributed by atoms with E-state index in [1.54, 1.807) is 0 Å². The summed E-state index contributed by atoms with van der Waals surface area (Å²) in [6, 6.07) is 0. The lowest BCUT2D eigenvalue weighted by atomic mass is 10.0. The average Bonchev–Trinajstić information content (AvgIpc) is 2.85. The van der Waals surface area contributed by atoms with Crippen molar-refractivity contribution in [2.24, 2.45) is 5.92 Å². The zero-order chi connectivity index (χ0) is 11.6. The summed E-state index contributed by atoms with van der Waals surface area (Å²) in [5.74, 6) is 0.710. The lowest BCUT2D eigenvalue weighted by Gasteiger charge is -2.23. The molecule has 1 aliphatic heterocycles. The summed E-state index contributed by atoms with van der Waals surface area (Å²) in [6.07, 6.45) is 5.47. The Hall–Kier alpha value is -0.0900. The van der Waals surface area contributed by atoms with Crippen molar-refractivity contribution in [1.29, 1.82) is 0 Å². The van der Waals surface area contributed by atoms with Gasteiger partial charge in [0, 0.05) is 18.0 Å². The first-order valence-electron chi connectivity index (χ1n) is 6.16. The molecule has 3 unspecified atom stereocenters. The molecule has 1 N–H and O–H groups in total. The maximum atomic E-state index is 12.0. The second-order valence-corrected chi connectivity index (χ2v) is 6.46. The summed E-state index contributed by atoms with van der Waals surface area (Å²) >= 11 is 3.63. The van der Waals surface area contributed by atoms with Gasteiger partial charge in [-0.25, -0.2) is 0 Å². The van der Waals surface area contributed by atoms with Gasteiger partial charge in [0.2, 0.25) is 0 Å². The Labute approximate surface area is 105 Å². The minimum atomic E-state index is -0.563. The van der Waals surface area contributed by atoms with E-state index in [1.165, 1.54) is 19.3 Å². The Morgan fingerprint density at radius 2 is 2.38 bits per heavy atom. The Bertz CT molecular complexity index is 264. The normalized spacial score (nSPS) is 38.9. The molecule has 4 heteroatoms. The number of alkyl halides is 1. The molecule has 2 rings (SSSR count). The number of carbonyl (C=O) groups excluding carboxylic acids is 1. The van der Waals surface area contributed by atoms with Gasteiger partial charge in [-0.05, 0) is 44.9 Å². The Balaban J connectivity index is 1.75. The summed E-state index contributed by atoms with van der Waals surface area (Å²) in [4.78, 5) is 12.6. The summed E-state index contributed by atoms with van der Waals surface area (Å²) in [5, 5.41) is 3.04. The van der Waals surface area contributed by atoms with E-state index in [9.17, 15) is 4.79 Å². The second-order valence-electron chi connectivity index (χ2n) is 5.17. The van der Waals surface area contributed by atoms with E-state index >= 15 is 0 Å². The Morgan fingerprint density at radius 3 is 2.94 bits per heavy atom. The van der Waals surface area contributed by atoms with Gasteiger partial charge in [-0.15, -0.1) is 0 Å². The van der Waals surface area contributed by atoms with E-state index in [0.29, 0.717) is 10.7 Å². The fourth-order valence-corrected chi connectivity index (χ4v) is 3.37. The van der Waals surface area contributed by atoms with E-state index in [0.717, 1.165) is 26.0 Å². The van der Waals surface area contributed by atoms with Crippen molar-refractivity contribution in [3.63, 3.8) is 0 Å². The highest BCUT2D eigenvalue weighted by atomic mass is 79.9. The fourth-order valence-electron chi connectivity index (χ4n) is 2.58. The van der Waals surface area contributed by atoms with Gasteiger partial charge in [-0.1, -0.05) is 15.9 Å². The van der Waals surface area contributed by atoms with Gasteiger partial charge in [0.05, 0.1) is 0 Å². The molecule has 0 radical (unpaired) electrons. The number of hydrogen-bond donors (Lipinski definition) is 1. The van der Waals surface area contributed by atoms with Gasteiger partial charge in [0.1, 0.15) is 5.60 Å². The van der Waals surface area contributed by atoms with Crippen LogP contribution in [0.5, 0.6) is 0 Å². The van der Waals surface area contributed by atoms with E-state index in [-0.39, 0.29) is 5.91 Å². The number of carbonyl (C=O) groups is 1. The highest BCUT2D eigenvalue weighted by Gasteiger charge is 2.37. The highest BCUT2D eigenvalue weighted by molar-refractivity contribution is 9.09. The average molecular weight is 290 g/mol. The molecule has 1 heterocycles. The first kappa shape index (κ1) is 12.4. The molecule has 0 spiro atoms. The van der Waals surface area contributed by atoms with Crippen LogP contribution in [0.3, 0.4) is 0 Å². The molecule has 0 aromatic carbocycles. The molecule has 0 aromatic rings. The largest absolute Gasteiger partial charge is 0.365 e. The molecule has 1 amide bonds. The van der Waals surface area contributed by atoms with Crippen LogP contribution in [0.25, 0.3) is 0 Å². The predicted octanol–water partition coefficient (Wildman–Crippen LogP) is 2.24. The molecule has 1 saturated heterocycles. The van der Waals surface area contributed by atoms with Crippen molar-refractivity contribution >= 4 is 21.8 Å². The van der Waals surface area contributed by atoms with Gasteiger partial charge in [-0.3, -0.25) is 4.79 Å². The second kappa shape index (κ2) is 5.05. The first-order valence-corrected chi connectivity index (χ1v) is 7.08. The minimum Gasteiger partial charge on any atom is -0.365 e. The first-order chi connectivity index (χ1) is 7.60. The maximum Gasteiger partial charge on any atom is 0.251 e. The van der Waals surface area contributed by atoms with E-state index < -0.39 is 5.60 Å². The molecular formula is C12H20BrNO2. The van der Waals surface area contributed by atoms with Crippen LogP contribution in [0.4, 0.5) is 0 Å². The molecular weight excluding hydrogens is 270 g/mol. The van der Waals surface area contributed by atoms with Crippen LogP contribution in [-0.2, 0) is 9.53 Å². The van der Waals surface area contributed by atoms with E-state index in [4.69, 9.17) is 4.74 Å². The standard InChI is InChI=1S/C12H20BrNO2/c1-12(5-2-6-16-12)11(15)14-8-9-3-4-10(13)7-9/h9-10H,2-8H2,1H3,(H,14,15). The third-order valence-electron chi connectivity index (χ3n) is 3.73. The molecule has 92 valence electrons. The van der Waals surface area contributed by atoms with Crippen molar-refractivity contribution < 1.29 is 9.53 Å². The number of rotatable bonds is 3. The van der Waals surface area contributed by atoms with Crippen LogP contribution >= 0.6 is 15.9 Å². The molecule has 0 bridgehead atoms. The van der Waals surface area contributed by atoms with Crippen LogP contribution in [0.15, 0.2) is 0 Å². The predicted molar refractivity (Wildman–Crippen MR) is 66.7 cm³/mol. The smallest absolute Gasteiger partial charge is 0.251 e. The zero-order valence-electron chi connectivity index (χ0n) is 9.80. The number of hydrogen-bond acceptors (Lipinski definition) is 2. The van der Waals surface area contributed by atoms with Crippen molar-refractivity contribution in [1.82, 2.24) is 5.32 Å². The van der Waals surface area contributed by atoms with Gasteiger partial charge >= 0.3 is 0 Å². The molecule has 1 saturated carbocycles. The quantitative estimate of drug-likeness (QED) is 0.810. The number of amides is 1. The van der Waals surface area contributed by atoms with Gasteiger partial charge < -0.3 is 10.1 Å². The fraction of sp³-hybridized carbons (Fsp3) is 0.917. The molecule has 3 atom stereocenters. The molecule has 1 aliphatic carbocycles. The third-order valence-corrected chi connectivity index (χ3v) is 4.56. The van der Waals surface area contributed by atoms with Crippen LogP contribution in [0, 0.1) is 5.92 Å². The monoisotopic (exact) mass is 289 g/mol. The number of ether oxygens (including phenoxy) is 1. The van der Waals surface area contributed by atoms with Gasteiger partial charge in [0.25, 0.3) is 5.91 Å². The van der Waals surface area contributed by atoms with Crippen molar-refractivity contribution in [3.05, 3.63) is 0 Å². The summed E-state index contributed by atoms with van der Waals surface area (Å²) < 4.78 is 5.52. The van der Waals surface area contributed by atoms with Crippen molar-refractivity contribution in [2.75, 3.05) is 13.2 Å². The Kier molecular flexibility index (Phi) is 3.90. The van der Waals surface area contributed by atoms with Crippen LogP contribution < -0.4 is 5.32 Å². The van der Waals surface area contributed by atoms with Crippen molar-refractivity contribution in [2.45, 2.75) is 49.5 Å². The molecule has 3 nitrogen and oxygen atoms in total. The van der Waals surface area contributed by atoms with E-state index in [2.05, 4.69) is 21.2 Å².